The number of aromatic amines is 1. The molecule has 2 aliphatic rings. The summed E-state index contributed by atoms with van der Waals surface area (Å²) in [5, 5.41) is 0.992. The van der Waals surface area contributed by atoms with Crippen molar-refractivity contribution in [3.05, 3.63) is 76.0 Å². The van der Waals surface area contributed by atoms with E-state index in [1.165, 1.54) is 11.1 Å². The van der Waals surface area contributed by atoms with Crippen molar-refractivity contribution in [3.8, 4) is 0 Å². The lowest BCUT2D eigenvalue weighted by molar-refractivity contribution is 0.103. The predicted octanol–water partition coefficient (Wildman–Crippen LogP) is 5.58. The Balaban J connectivity index is 1.60. The average molecular weight is 426 g/mol. The Kier molecular flexibility index (Phi) is 4.94. The van der Waals surface area contributed by atoms with E-state index in [9.17, 15) is 4.79 Å². The minimum absolute atomic E-state index is 0.125. The maximum absolute atomic E-state index is 13.8. The third kappa shape index (κ3) is 3.17. The number of nitrogens with zero attached hydrogens (tertiary/aromatic N) is 2. The van der Waals surface area contributed by atoms with E-state index in [-0.39, 0.29) is 11.2 Å². The molecule has 164 valence electrons. The Morgan fingerprint density at radius 1 is 1.16 bits per heavy atom. The highest BCUT2D eigenvalue weighted by molar-refractivity contribution is 6.20. The highest BCUT2D eigenvalue weighted by atomic mass is 16.1. The number of nitrogens with one attached hydrogen (secondary N) is 1. The summed E-state index contributed by atoms with van der Waals surface area (Å²) in [7, 11) is 1.77. The van der Waals surface area contributed by atoms with Gasteiger partial charge in [-0.25, -0.2) is 0 Å². The smallest absolute Gasteiger partial charge is 0.195 e. The van der Waals surface area contributed by atoms with Crippen molar-refractivity contribution in [2.24, 2.45) is 4.99 Å². The summed E-state index contributed by atoms with van der Waals surface area (Å²) in [6.45, 7) is 10.9. The van der Waals surface area contributed by atoms with Crippen molar-refractivity contribution < 1.29 is 4.79 Å². The van der Waals surface area contributed by atoms with E-state index >= 15 is 0 Å². The van der Waals surface area contributed by atoms with Crippen LogP contribution in [0.3, 0.4) is 0 Å². The van der Waals surface area contributed by atoms with Gasteiger partial charge in [0.2, 0.25) is 0 Å². The number of carbonyl (C=O) groups is 1. The van der Waals surface area contributed by atoms with E-state index in [4.69, 9.17) is 0 Å². The van der Waals surface area contributed by atoms with Gasteiger partial charge in [0.25, 0.3) is 0 Å². The van der Waals surface area contributed by atoms with E-state index in [0.717, 1.165) is 58.4 Å². The molecule has 4 heteroatoms. The number of hydrogen-bond acceptors (Lipinski definition) is 3. The van der Waals surface area contributed by atoms with Crippen LogP contribution >= 0.6 is 0 Å². The number of H-pyrrole nitrogens is 1. The Bertz CT molecular complexity index is 1290. The zero-order valence-corrected chi connectivity index (χ0v) is 19.6. The fourth-order valence-corrected chi connectivity index (χ4v) is 5.31. The molecular formula is C28H31N3O. The highest BCUT2D eigenvalue weighted by Gasteiger charge is 2.39. The van der Waals surface area contributed by atoms with Gasteiger partial charge in [-0.05, 0) is 54.7 Å². The van der Waals surface area contributed by atoms with Crippen LogP contribution in [0.2, 0.25) is 0 Å². The van der Waals surface area contributed by atoms with Gasteiger partial charge in [-0.3, -0.25) is 14.7 Å². The van der Waals surface area contributed by atoms with Crippen LogP contribution in [0.1, 0.15) is 72.4 Å². The van der Waals surface area contributed by atoms with Crippen LogP contribution in [0.25, 0.3) is 16.5 Å². The molecule has 0 unspecified atom stereocenters. The average Bonchev–Trinajstić information content (AvgIpc) is 3.18. The largest absolute Gasteiger partial charge is 0.357 e. The standard InChI is InChI=1S/C28H31N3O/c1-17(2)31-12-10-19(11-13-31)20-7-9-23-22(15-20)26(32)25-21-8-6-18(16-29-5)14-24(21)30-27(25)28(23,3)4/h6-10,14-17,30H,11-13H2,1-5H3. The second-order valence-electron chi connectivity index (χ2n) is 9.85. The highest BCUT2D eigenvalue weighted by Crippen LogP contribution is 2.44. The summed E-state index contributed by atoms with van der Waals surface area (Å²) in [5.74, 6) is 0.125. The minimum atomic E-state index is -0.273. The molecule has 0 bridgehead atoms. The van der Waals surface area contributed by atoms with Crippen molar-refractivity contribution >= 4 is 28.5 Å². The summed E-state index contributed by atoms with van der Waals surface area (Å²) >= 11 is 0. The quantitative estimate of drug-likeness (QED) is 0.557. The molecule has 1 N–H and O–H groups in total. The third-order valence-electron chi connectivity index (χ3n) is 7.23. The molecule has 32 heavy (non-hydrogen) atoms. The molecule has 1 aliphatic heterocycles. The zero-order valence-electron chi connectivity index (χ0n) is 19.6. The Hall–Kier alpha value is -2.98. The first-order chi connectivity index (χ1) is 15.3. The molecule has 4 nitrogen and oxygen atoms in total. The van der Waals surface area contributed by atoms with Gasteiger partial charge >= 0.3 is 0 Å². The third-order valence-corrected chi connectivity index (χ3v) is 7.23. The monoisotopic (exact) mass is 425 g/mol. The molecule has 0 radical (unpaired) electrons. The van der Waals surface area contributed by atoms with Crippen molar-refractivity contribution in [1.29, 1.82) is 0 Å². The molecule has 0 fully saturated rings. The maximum atomic E-state index is 13.8. The van der Waals surface area contributed by atoms with Crippen LogP contribution in [0, 0.1) is 0 Å². The maximum Gasteiger partial charge on any atom is 0.195 e. The number of ketones is 1. The summed E-state index contributed by atoms with van der Waals surface area (Å²) in [5.41, 5.74) is 8.04. The van der Waals surface area contributed by atoms with Crippen LogP contribution < -0.4 is 0 Å². The van der Waals surface area contributed by atoms with Gasteiger partial charge in [-0.1, -0.05) is 44.2 Å². The lowest BCUT2D eigenvalue weighted by Gasteiger charge is -2.33. The Labute approximate surface area is 190 Å². The topological polar surface area (TPSA) is 48.5 Å². The number of benzene rings is 2. The van der Waals surface area contributed by atoms with E-state index in [0.29, 0.717) is 6.04 Å². The molecule has 0 saturated carbocycles. The van der Waals surface area contributed by atoms with E-state index in [1.807, 2.05) is 12.3 Å². The number of carbonyl (C=O) groups excluding carboxylic acids is 1. The Morgan fingerprint density at radius 3 is 2.66 bits per heavy atom. The summed E-state index contributed by atoms with van der Waals surface area (Å²) in [4.78, 5) is 24.0. The van der Waals surface area contributed by atoms with Crippen molar-refractivity contribution in [2.45, 2.75) is 45.6 Å². The number of hydrogen-bond donors (Lipinski definition) is 1. The first kappa shape index (κ1) is 20.9. The summed E-state index contributed by atoms with van der Waals surface area (Å²) in [6.07, 6.45) is 5.19. The fraction of sp³-hybridized carbons (Fsp3) is 0.357. The normalized spacial score (nSPS) is 18.3. The van der Waals surface area contributed by atoms with Crippen LogP contribution in [0.5, 0.6) is 0 Å². The van der Waals surface area contributed by atoms with Crippen molar-refractivity contribution in [1.82, 2.24) is 9.88 Å². The van der Waals surface area contributed by atoms with Crippen molar-refractivity contribution in [2.75, 3.05) is 20.1 Å². The number of aromatic nitrogens is 1. The molecule has 5 rings (SSSR count). The molecule has 0 atom stereocenters. The molecule has 1 aliphatic carbocycles. The number of aliphatic imine (C=N–C) groups is 1. The van der Waals surface area contributed by atoms with Gasteiger partial charge < -0.3 is 4.98 Å². The molecule has 0 saturated heterocycles. The molecular weight excluding hydrogens is 394 g/mol. The molecule has 0 amide bonds. The lowest BCUT2D eigenvalue weighted by atomic mass is 9.70. The number of fused-ring (bicyclic) bond motifs is 4. The first-order valence-electron chi connectivity index (χ1n) is 11.5. The van der Waals surface area contributed by atoms with Crippen LogP contribution in [-0.4, -0.2) is 48.1 Å². The van der Waals surface area contributed by atoms with Crippen LogP contribution in [0.15, 0.2) is 47.5 Å². The molecule has 3 aromatic rings. The van der Waals surface area contributed by atoms with E-state index in [1.54, 1.807) is 7.05 Å². The fourth-order valence-electron chi connectivity index (χ4n) is 5.31. The molecule has 2 aromatic carbocycles. The van der Waals surface area contributed by atoms with Crippen LogP contribution in [-0.2, 0) is 5.41 Å². The van der Waals surface area contributed by atoms with Gasteiger partial charge in [0.1, 0.15) is 0 Å². The predicted molar refractivity (Wildman–Crippen MR) is 133 cm³/mol. The molecule has 2 heterocycles. The van der Waals surface area contributed by atoms with Gasteiger partial charge in [0, 0.05) is 60.0 Å². The van der Waals surface area contributed by atoms with Crippen LogP contribution in [0.4, 0.5) is 0 Å². The van der Waals surface area contributed by atoms with Gasteiger partial charge in [-0.2, -0.15) is 0 Å². The van der Waals surface area contributed by atoms with Crippen molar-refractivity contribution in [3.63, 3.8) is 0 Å². The van der Waals surface area contributed by atoms with E-state index in [2.05, 4.69) is 79.0 Å². The second kappa shape index (κ2) is 7.56. The second-order valence-corrected chi connectivity index (χ2v) is 9.85. The van der Waals surface area contributed by atoms with Gasteiger partial charge in [0.05, 0.1) is 5.56 Å². The zero-order chi connectivity index (χ0) is 22.6. The van der Waals surface area contributed by atoms with Gasteiger partial charge in [-0.15, -0.1) is 0 Å². The number of rotatable bonds is 3. The first-order valence-corrected chi connectivity index (χ1v) is 11.5. The SMILES string of the molecule is CN=Cc1ccc2c3c([nH]c2c1)C(C)(C)c1ccc(C2=CCN(C(C)C)CC2)cc1C3=O. The van der Waals surface area contributed by atoms with Gasteiger partial charge in [0.15, 0.2) is 5.78 Å². The Morgan fingerprint density at radius 2 is 1.97 bits per heavy atom. The lowest BCUT2D eigenvalue weighted by Crippen LogP contribution is -2.34. The van der Waals surface area contributed by atoms with E-state index < -0.39 is 0 Å². The molecule has 1 aromatic heterocycles. The minimum Gasteiger partial charge on any atom is -0.357 e. The summed E-state index contributed by atoms with van der Waals surface area (Å²) < 4.78 is 0. The molecule has 0 spiro atoms. The summed E-state index contributed by atoms with van der Waals surface area (Å²) in [6, 6.07) is 13.2.